The van der Waals surface area contributed by atoms with Crippen LogP contribution in [0.1, 0.15) is 25.8 Å². The van der Waals surface area contributed by atoms with Gasteiger partial charge in [0.1, 0.15) is 10.6 Å². The normalized spacial score (nSPS) is 13.4. The lowest BCUT2D eigenvalue weighted by molar-refractivity contribution is -0.118. The average molecular weight is 453 g/mol. The van der Waals surface area contributed by atoms with Crippen LogP contribution >= 0.6 is 15.9 Å². The lowest BCUT2D eigenvalue weighted by Crippen LogP contribution is -2.28. The predicted molar refractivity (Wildman–Crippen MR) is 109 cm³/mol. The SMILES string of the molecule is CCOc1ccccc1NS(=O)(=O)c1cc2c(cc1Br)CCN2C(=O)CC. The molecule has 2 aromatic rings. The Labute approximate surface area is 167 Å². The van der Waals surface area contributed by atoms with Gasteiger partial charge in [0, 0.05) is 23.1 Å². The predicted octanol–water partition coefficient (Wildman–Crippen LogP) is 3.95. The zero-order valence-corrected chi connectivity index (χ0v) is 17.6. The summed E-state index contributed by atoms with van der Waals surface area (Å²) in [4.78, 5) is 13.9. The first-order chi connectivity index (χ1) is 12.9. The Morgan fingerprint density at radius 1 is 1.26 bits per heavy atom. The van der Waals surface area contributed by atoms with Gasteiger partial charge in [0.2, 0.25) is 5.91 Å². The van der Waals surface area contributed by atoms with Gasteiger partial charge in [-0.1, -0.05) is 19.1 Å². The lowest BCUT2D eigenvalue weighted by Gasteiger charge is -2.18. The first kappa shape index (κ1) is 19.7. The number of anilines is 2. The van der Waals surface area contributed by atoms with Gasteiger partial charge in [0.05, 0.1) is 12.3 Å². The molecule has 27 heavy (non-hydrogen) atoms. The third-order valence-corrected chi connectivity index (χ3v) is 6.68. The molecule has 1 heterocycles. The monoisotopic (exact) mass is 452 g/mol. The Hall–Kier alpha value is -2.06. The molecule has 0 fully saturated rings. The summed E-state index contributed by atoms with van der Waals surface area (Å²) in [6, 6.07) is 10.2. The summed E-state index contributed by atoms with van der Waals surface area (Å²) in [6.07, 6.45) is 1.08. The number of carbonyl (C=O) groups excluding carboxylic acids is 1. The molecule has 1 amide bonds. The van der Waals surface area contributed by atoms with Crippen LogP contribution in [-0.4, -0.2) is 27.5 Å². The molecule has 3 rings (SSSR count). The fraction of sp³-hybridized carbons (Fsp3) is 0.316. The van der Waals surface area contributed by atoms with E-state index in [4.69, 9.17) is 4.74 Å². The van der Waals surface area contributed by atoms with Crippen LogP contribution < -0.4 is 14.4 Å². The molecule has 0 unspecified atom stereocenters. The Morgan fingerprint density at radius 2 is 2.00 bits per heavy atom. The van der Waals surface area contributed by atoms with Crippen molar-refractivity contribution in [2.24, 2.45) is 0 Å². The van der Waals surface area contributed by atoms with Gasteiger partial charge in [0.15, 0.2) is 0 Å². The number of nitrogens with zero attached hydrogens (tertiary/aromatic N) is 1. The van der Waals surface area contributed by atoms with Gasteiger partial charge in [0.25, 0.3) is 10.0 Å². The van der Waals surface area contributed by atoms with E-state index >= 15 is 0 Å². The first-order valence-electron chi connectivity index (χ1n) is 8.74. The number of hydrogen-bond acceptors (Lipinski definition) is 4. The number of sulfonamides is 1. The third-order valence-electron chi connectivity index (χ3n) is 4.35. The highest BCUT2D eigenvalue weighted by molar-refractivity contribution is 9.10. The summed E-state index contributed by atoms with van der Waals surface area (Å²) in [6.45, 7) is 4.62. The molecule has 6 nitrogen and oxygen atoms in total. The molecule has 8 heteroatoms. The highest BCUT2D eigenvalue weighted by Gasteiger charge is 2.28. The number of para-hydroxylation sites is 2. The second kappa shape index (κ2) is 7.90. The fourth-order valence-corrected chi connectivity index (χ4v) is 5.26. The summed E-state index contributed by atoms with van der Waals surface area (Å²) in [7, 11) is -3.88. The lowest BCUT2D eigenvalue weighted by atomic mass is 10.2. The zero-order chi connectivity index (χ0) is 19.6. The van der Waals surface area contributed by atoms with Crippen LogP contribution in [0.3, 0.4) is 0 Å². The van der Waals surface area contributed by atoms with E-state index < -0.39 is 10.0 Å². The van der Waals surface area contributed by atoms with Gasteiger partial charge in [-0.3, -0.25) is 9.52 Å². The van der Waals surface area contributed by atoms with Crippen molar-refractivity contribution in [3.63, 3.8) is 0 Å². The van der Waals surface area contributed by atoms with E-state index in [2.05, 4.69) is 20.7 Å². The molecule has 0 aromatic heterocycles. The molecule has 1 aliphatic heterocycles. The highest BCUT2D eigenvalue weighted by Crippen LogP contribution is 2.37. The number of carbonyl (C=O) groups is 1. The number of rotatable bonds is 6. The van der Waals surface area contributed by atoms with Crippen LogP contribution in [0.5, 0.6) is 5.75 Å². The molecule has 144 valence electrons. The van der Waals surface area contributed by atoms with E-state index in [1.165, 1.54) is 0 Å². The quantitative estimate of drug-likeness (QED) is 0.719. The van der Waals surface area contributed by atoms with E-state index in [0.717, 1.165) is 5.56 Å². The maximum Gasteiger partial charge on any atom is 0.263 e. The van der Waals surface area contributed by atoms with Crippen LogP contribution in [0.25, 0.3) is 0 Å². The van der Waals surface area contributed by atoms with Gasteiger partial charge in [-0.25, -0.2) is 8.42 Å². The van der Waals surface area contributed by atoms with E-state index in [1.54, 1.807) is 48.2 Å². The Morgan fingerprint density at radius 3 is 2.70 bits per heavy atom. The van der Waals surface area contributed by atoms with Gasteiger partial charge in [-0.05, 0) is 59.1 Å². The van der Waals surface area contributed by atoms with Crippen molar-refractivity contribution in [2.45, 2.75) is 31.6 Å². The van der Waals surface area contributed by atoms with E-state index in [1.807, 2.05) is 6.92 Å². The number of nitrogens with one attached hydrogen (secondary N) is 1. The number of fused-ring (bicyclic) bond motifs is 1. The van der Waals surface area contributed by atoms with Gasteiger partial charge in [-0.2, -0.15) is 0 Å². The van der Waals surface area contributed by atoms with Crippen LogP contribution in [0, 0.1) is 0 Å². The van der Waals surface area contributed by atoms with Crippen molar-refractivity contribution < 1.29 is 17.9 Å². The molecule has 0 saturated carbocycles. The summed E-state index contributed by atoms with van der Waals surface area (Å²) in [5, 5.41) is 0. The van der Waals surface area contributed by atoms with Gasteiger partial charge < -0.3 is 9.64 Å². The average Bonchev–Trinajstić information content (AvgIpc) is 3.04. The van der Waals surface area contributed by atoms with E-state index in [9.17, 15) is 13.2 Å². The van der Waals surface area contributed by atoms with Crippen molar-refractivity contribution in [3.8, 4) is 5.75 Å². The number of amides is 1. The van der Waals surface area contributed by atoms with Crippen LogP contribution in [0.2, 0.25) is 0 Å². The molecule has 0 saturated heterocycles. The van der Waals surface area contributed by atoms with E-state index in [-0.39, 0.29) is 10.8 Å². The van der Waals surface area contributed by atoms with E-state index in [0.29, 0.717) is 47.6 Å². The van der Waals surface area contributed by atoms with Crippen molar-refractivity contribution in [1.29, 1.82) is 0 Å². The van der Waals surface area contributed by atoms with Crippen LogP contribution in [0.4, 0.5) is 11.4 Å². The molecule has 1 aliphatic rings. The maximum atomic E-state index is 13.0. The first-order valence-corrected chi connectivity index (χ1v) is 11.0. The minimum absolute atomic E-state index is 0.0194. The summed E-state index contributed by atoms with van der Waals surface area (Å²) >= 11 is 3.37. The standard InChI is InChI=1S/C19H21BrN2O4S/c1-3-19(23)22-10-9-13-11-14(20)18(12-16(13)22)27(24,25)21-15-7-5-6-8-17(15)26-4-2/h5-8,11-12,21H,3-4,9-10H2,1-2H3. The molecular weight excluding hydrogens is 432 g/mol. The van der Waals surface area contributed by atoms with Crippen molar-refractivity contribution in [3.05, 3.63) is 46.4 Å². The number of hydrogen-bond donors (Lipinski definition) is 1. The Balaban J connectivity index is 2.00. The molecule has 1 N–H and O–H groups in total. The minimum atomic E-state index is -3.88. The molecule has 0 radical (unpaired) electrons. The molecule has 0 spiro atoms. The fourth-order valence-electron chi connectivity index (χ4n) is 3.08. The van der Waals surface area contributed by atoms with Crippen molar-refractivity contribution in [2.75, 3.05) is 22.8 Å². The Kier molecular flexibility index (Phi) is 5.76. The summed E-state index contributed by atoms with van der Waals surface area (Å²) in [5.41, 5.74) is 1.98. The van der Waals surface area contributed by atoms with Crippen LogP contribution in [0.15, 0.2) is 45.8 Å². The van der Waals surface area contributed by atoms with Gasteiger partial charge in [-0.15, -0.1) is 0 Å². The maximum absolute atomic E-state index is 13.0. The second-order valence-corrected chi connectivity index (χ2v) is 8.60. The number of ether oxygens (including phenoxy) is 1. The summed E-state index contributed by atoms with van der Waals surface area (Å²) < 4.78 is 34.6. The van der Waals surface area contributed by atoms with Crippen LogP contribution in [-0.2, 0) is 21.2 Å². The Bertz CT molecular complexity index is 976. The van der Waals surface area contributed by atoms with Gasteiger partial charge >= 0.3 is 0 Å². The number of halogens is 1. The molecule has 0 atom stereocenters. The molecular formula is C19H21BrN2O4S. The highest BCUT2D eigenvalue weighted by atomic mass is 79.9. The molecule has 0 aliphatic carbocycles. The topological polar surface area (TPSA) is 75.7 Å². The summed E-state index contributed by atoms with van der Waals surface area (Å²) in [5.74, 6) is 0.442. The number of benzene rings is 2. The smallest absolute Gasteiger partial charge is 0.263 e. The third kappa shape index (κ3) is 3.96. The second-order valence-electron chi connectivity index (χ2n) is 6.09. The largest absolute Gasteiger partial charge is 0.492 e. The molecule has 2 aromatic carbocycles. The molecule has 0 bridgehead atoms. The van der Waals surface area contributed by atoms with Crippen molar-refractivity contribution >= 4 is 43.2 Å². The van der Waals surface area contributed by atoms with Crippen molar-refractivity contribution in [1.82, 2.24) is 0 Å². The minimum Gasteiger partial charge on any atom is -0.492 e. The zero-order valence-electron chi connectivity index (χ0n) is 15.2.